The highest BCUT2D eigenvalue weighted by molar-refractivity contribution is 7.85. The van der Waals surface area contributed by atoms with Gasteiger partial charge in [0.15, 0.2) is 0 Å². The number of hydrogen-bond donors (Lipinski definition) is 0. The Bertz CT molecular complexity index is 717. The Morgan fingerprint density at radius 2 is 1.96 bits per heavy atom. The summed E-state index contributed by atoms with van der Waals surface area (Å²) >= 11 is 0. The lowest BCUT2D eigenvalue weighted by Crippen LogP contribution is -2.44. The molecule has 2 aromatic carbocycles. The highest BCUT2D eigenvalue weighted by Crippen LogP contribution is 2.27. The molecule has 1 aliphatic rings. The van der Waals surface area contributed by atoms with E-state index < -0.39 is 10.8 Å². The Morgan fingerprint density at radius 1 is 1.17 bits per heavy atom. The first-order valence-electron chi connectivity index (χ1n) is 7.54. The maximum atomic E-state index is 12.9. The zero-order chi connectivity index (χ0) is 16.2. The van der Waals surface area contributed by atoms with E-state index in [9.17, 15) is 9.00 Å². The van der Waals surface area contributed by atoms with E-state index in [-0.39, 0.29) is 11.9 Å². The van der Waals surface area contributed by atoms with Crippen LogP contribution in [-0.2, 0) is 10.8 Å². The second kappa shape index (κ2) is 6.96. The molecule has 0 N–H and O–H groups in total. The minimum Gasteiger partial charge on any atom is -0.497 e. The van der Waals surface area contributed by atoms with Crippen molar-refractivity contribution < 1.29 is 13.7 Å². The summed E-state index contributed by atoms with van der Waals surface area (Å²) in [6.07, 6.45) is 0. The van der Waals surface area contributed by atoms with E-state index in [0.29, 0.717) is 29.4 Å². The Kier molecular flexibility index (Phi) is 4.76. The van der Waals surface area contributed by atoms with Crippen LogP contribution in [0.25, 0.3) is 0 Å². The van der Waals surface area contributed by atoms with Crippen LogP contribution < -0.4 is 4.74 Å². The van der Waals surface area contributed by atoms with Gasteiger partial charge in [-0.15, -0.1) is 0 Å². The molecule has 120 valence electrons. The summed E-state index contributed by atoms with van der Waals surface area (Å²) in [5, 5.41) is 0. The summed E-state index contributed by atoms with van der Waals surface area (Å²) < 4.78 is 17.2. The molecule has 3 rings (SSSR count). The van der Waals surface area contributed by atoms with Crippen LogP contribution in [0.3, 0.4) is 0 Å². The summed E-state index contributed by atoms with van der Waals surface area (Å²) in [6.45, 7) is 0.502. The van der Waals surface area contributed by atoms with Gasteiger partial charge in [0.2, 0.25) is 0 Å². The number of carbonyl (C=O) groups excluding carboxylic acids is 1. The van der Waals surface area contributed by atoms with Gasteiger partial charge in [0.25, 0.3) is 5.91 Å². The maximum absolute atomic E-state index is 12.9. The zero-order valence-electron chi connectivity index (χ0n) is 13.0. The summed E-state index contributed by atoms with van der Waals surface area (Å²) in [5.74, 6) is 1.63. The predicted octanol–water partition coefficient (Wildman–Crippen LogP) is 2.64. The van der Waals surface area contributed by atoms with E-state index in [1.807, 2.05) is 47.4 Å². The van der Waals surface area contributed by atoms with E-state index in [0.717, 1.165) is 5.56 Å². The minimum absolute atomic E-state index is 0.0468. The van der Waals surface area contributed by atoms with Gasteiger partial charge in [-0.25, -0.2) is 0 Å². The van der Waals surface area contributed by atoms with Crippen LogP contribution in [0.5, 0.6) is 5.75 Å². The molecule has 0 radical (unpaired) electrons. The number of methoxy groups -OCH3 is 1. The normalized spacial score (nSPS) is 21.0. The fraction of sp³-hybridized carbons (Fsp3) is 0.278. The summed E-state index contributed by atoms with van der Waals surface area (Å²) in [4.78, 5) is 14.8. The van der Waals surface area contributed by atoms with Crippen molar-refractivity contribution >= 4 is 16.7 Å². The average molecular weight is 329 g/mol. The van der Waals surface area contributed by atoms with Crippen LogP contribution in [-0.4, -0.2) is 40.2 Å². The largest absolute Gasteiger partial charge is 0.497 e. The lowest BCUT2D eigenvalue weighted by Gasteiger charge is -2.35. The van der Waals surface area contributed by atoms with Crippen molar-refractivity contribution in [3.63, 3.8) is 0 Å². The number of amides is 1. The van der Waals surface area contributed by atoms with Gasteiger partial charge in [0.1, 0.15) is 5.75 Å². The highest BCUT2D eigenvalue weighted by Gasteiger charge is 2.31. The van der Waals surface area contributed by atoms with E-state index in [1.165, 1.54) is 0 Å². The SMILES string of the molecule is COc1cccc(C(=O)N2CC[S@@](=O)C[C@H]2c2ccccc2)c1. The van der Waals surface area contributed by atoms with Crippen LogP contribution in [0.4, 0.5) is 0 Å². The van der Waals surface area contributed by atoms with Crippen molar-refractivity contribution in [2.45, 2.75) is 6.04 Å². The molecule has 2 atom stereocenters. The van der Waals surface area contributed by atoms with E-state index in [4.69, 9.17) is 4.74 Å². The fourth-order valence-electron chi connectivity index (χ4n) is 2.82. The molecular weight excluding hydrogens is 310 g/mol. The molecule has 1 aliphatic heterocycles. The third kappa shape index (κ3) is 3.45. The van der Waals surface area contributed by atoms with Gasteiger partial charge in [0.05, 0.1) is 13.2 Å². The molecule has 0 unspecified atom stereocenters. The standard InChI is InChI=1S/C18H19NO3S/c1-22-16-9-5-8-15(12-16)18(20)19-10-11-23(21)13-17(19)14-6-3-2-4-7-14/h2-9,12,17H,10-11,13H2,1H3/t17-,23+/m0/s1. The average Bonchev–Trinajstić information content (AvgIpc) is 2.62. The van der Waals surface area contributed by atoms with Crippen molar-refractivity contribution in [2.24, 2.45) is 0 Å². The Hall–Kier alpha value is -2.14. The number of ether oxygens (including phenoxy) is 1. The van der Waals surface area contributed by atoms with E-state index in [1.54, 1.807) is 19.2 Å². The molecule has 0 saturated carbocycles. The molecule has 23 heavy (non-hydrogen) atoms. The number of hydrogen-bond acceptors (Lipinski definition) is 3. The van der Waals surface area contributed by atoms with Gasteiger partial charge in [-0.05, 0) is 23.8 Å². The van der Waals surface area contributed by atoms with E-state index in [2.05, 4.69) is 0 Å². The first kappa shape index (κ1) is 15.7. The highest BCUT2D eigenvalue weighted by atomic mass is 32.2. The molecule has 4 nitrogen and oxygen atoms in total. The van der Waals surface area contributed by atoms with E-state index >= 15 is 0 Å². The molecule has 0 spiro atoms. The smallest absolute Gasteiger partial charge is 0.254 e. The molecule has 1 fully saturated rings. The van der Waals surface area contributed by atoms with Gasteiger partial charge in [-0.1, -0.05) is 36.4 Å². The lowest BCUT2D eigenvalue weighted by atomic mass is 10.1. The first-order valence-corrected chi connectivity index (χ1v) is 9.03. The van der Waals surface area contributed by atoms with Crippen LogP contribution in [0, 0.1) is 0 Å². The summed E-state index contributed by atoms with van der Waals surface area (Å²) in [5.41, 5.74) is 1.62. The van der Waals surface area contributed by atoms with Crippen molar-refractivity contribution in [2.75, 3.05) is 25.2 Å². The van der Waals surface area contributed by atoms with Crippen LogP contribution in [0.15, 0.2) is 54.6 Å². The molecule has 1 heterocycles. The molecule has 5 heteroatoms. The number of nitrogens with zero attached hydrogens (tertiary/aromatic N) is 1. The predicted molar refractivity (Wildman–Crippen MR) is 91.1 cm³/mol. The quantitative estimate of drug-likeness (QED) is 0.870. The van der Waals surface area contributed by atoms with Crippen LogP contribution in [0.1, 0.15) is 22.0 Å². The fourth-order valence-corrected chi connectivity index (χ4v) is 4.11. The van der Waals surface area contributed by atoms with Crippen LogP contribution >= 0.6 is 0 Å². The molecular formula is C18H19NO3S. The molecule has 0 bridgehead atoms. The van der Waals surface area contributed by atoms with Crippen molar-refractivity contribution in [1.29, 1.82) is 0 Å². The van der Waals surface area contributed by atoms with Gasteiger partial charge in [-0.3, -0.25) is 9.00 Å². The van der Waals surface area contributed by atoms with Gasteiger partial charge >= 0.3 is 0 Å². The zero-order valence-corrected chi connectivity index (χ0v) is 13.8. The first-order chi connectivity index (χ1) is 11.2. The second-order valence-corrected chi connectivity index (χ2v) is 7.09. The maximum Gasteiger partial charge on any atom is 0.254 e. The molecule has 1 saturated heterocycles. The molecule has 1 amide bonds. The lowest BCUT2D eigenvalue weighted by molar-refractivity contribution is 0.0699. The van der Waals surface area contributed by atoms with Crippen LogP contribution in [0.2, 0.25) is 0 Å². The van der Waals surface area contributed by atoms with Gasteiger partial charge in [0, 0.05) is 34.4 Å². The molecule has 0 aromatic heterocycles. The number of rotatable bonds is 3. The Morgan fingerprint density at radius 3 is 2.70 bits per heavy atom. The third-order valence-corrected chi connectivity index (χ3v) is 5.37. The number of benzene rings is 2. The van der Waals surface area contributed by atoms with Crippen molar-refractivity contribution in [1.82, 2.24) is 4.90 Å². The van der Waals surface area contributed by atoms with Gasteiger partial charge < -0.3 is 9.64 Å². The summed E-state index contributed by atoms with van der Waals surface area (Å²) in [7, 11) is 0.695. The van der Waals surface area contributed by atoms with Crippen molar-refractivity contribution in [3.05, 3.63) is 65.7 Å². The monoisotopic (exact) mass is 329 g/mol. The van der Waals surface area contributed by atoms with Crippen molar-refractivity contribution in [3.8, 4) is 5.75 Å². The molecule has 0 aliphatic carbocycles. The summed E-state index contributed by atoms with van der Waals surface area (Å²) in [6, 6.07) is 16.8. The Balaban J connectivity index is 1.91. The van der Waals surface area contributed by atoms with Gasteiger partial charge in [-0.2, -0.15) is 0 Å². The number of carbonyl (C=O) groups is 1. The Labute approximate surface area is 138 Å². The molecule has 2 aromatic rings. The second-order valence-electron chi connectivity index (χ2n) is 5.47. The third-order valence-electron chi connectivity index (χ3n) is 4.04. The topological polar surface area (TPSA) is 46.6 Å². The minimum atomic E-state index is -0.889.